The summed E-state index contributed by atoms with van der Waals surface area (Å²) >= 11 is 0. The first kappa shape index (κ1) is 18.0. The Kier molecular flexibility index (Phi) is 6.27. The minimum atomic E-state index is -0.205. The number of rotatable bonds is 6. The Labute approximate surface area is 154 Å². The van der Waals surface area contributed by atoms with Crippen LogP contribution in [0.25, 0.3) is 0 Å². The molecule has 2 unspecified atom stereocenters. The molecule has 0 spiro atoms. The summed E-state index contributed by atoms with van der Waals surface area (Å²) in [6.45, 7) is 4.97. The van der Waals surface area contributed by atoms with Crippen LogP contribution in [0.1, 0.15) is 23.2 Å². The molecule has 0 radical (unpaired) electrons. The molecule has 132 valence electrons. The van der Waals surface area contributed by atoms with Crippen LogP contribution in [-0.4, -0.2) is 59.0 Å². The largest absolute Gasteiger partial charge is 0.299 e. The third-order valence-corrected chi connectivity index (χ3v) is 4.75. The van der Waals surface area contributed by atoms with Crippen molar-refractivity contribution in [2.24, 2.45) is 0 Å². The van der Waals surface area contributed by atoms with E-state index < -0.39 is 0 Å². The molecule has 0 aromatic carbocycles. The van der Waals surface area contributed by atoms with E-state index in [-0.39, 0.29) is 11.8 Å². The minimum absolute atomic E-state index is 0.205. The third kappa shape index (κ3) is 4.64. The van der Waals surface area contributed by atoms with E-state index in [9.17, 15) is 10.5 Å². The highest BCUT2D eigenvalue weighted by Crippen LogP contribution is 2.17. The molecule has 2 aromatic heterocycles. The van der Waals surface area contributed by atoms with Gasteiger partial charge in [-0.3, -0.25) is 19.8 Å². The standard InChI is InChI=1S/C20H22N6/c21-13-17(19-5-1-3-7-23-19)15-25-9-11-26(12-10-25)16-18(14-22)20-6-2-4-8-24-20/h1-8,17-18H,9-12,15-16H2. The summed E-state index contributed by atoms with van der Waals surface area (Å²) in [7, 11) is 0. The Bertz CT molecular complexity index is 689. The Morgan fingerprint density at radius 3 is 1.50 bits per heavy atom. The maximum Gasteiger partial charge on any atom is 0.101 e. The predicted molar refractivity (Wildman–Crippen MR) is 98.1 cm³/mol. The van der Waals surface area contributed by atoms with Gasteiger partial charge in [0.05, 0.1) is 23.5 Å². The maximum absolute atomic E-state index is 9.47. The Hall–Kier alpha value is -2.80. The molecule has 1 saturated heterocycles. The van der Waals surface area contributed by atoms with Crippen LogP contribution in [0.3, 0.4) is 0 Å². The summed E-state index contributed by atoms with van der Waals surface area (Å²) < 4.78 is 0. The van der Waals surface area contributed by atoms with Crippen molar-refractivity contribution < 1.29 is 0 Å². The molecule has 6 heteroatoms. The molecule has 3 heterocycles. The number of nitriles is 2. The second-order valence-electron chi connectivity index (χ2n) is 6.47. The Balaban J connectivity index is 1.51. The van der Waals surface area contributed by atoms with Crippen molar-refractivity contribution in [2.45, 2.75) is 11.8 Å². The van der Waals surface area contributed by atoms with Gasteiger partial charge in [0.25, 0.3) is 0 Å². The zero-order valence-electron chi connectivity index (χ0n) is 14.7. The first-order valence-corrected chi connectivity index (χ1v) is 8.86. The fourth-order valence-corrected chi connectivity index (χ4v) is 3.24. The summed E-state index contributed by atoms with van der Waals surface area (Å²) in [5, 5.41) is 18.9. The average molecular weight is 346 g/mol. The van der Waals surface area contributed by atoms with Crippen molar-refractivity contribution in [2.75, 3.05) is 39.3 Å². The minimum Gasteiger partial charge on any atom is -0.299 e. The molecule has 0 saturated carbocycles. The number of aromatic nitrogens is 2. The van der Waals surface area contributed by atoms with E-state index in [0.717, 1.165) is 37.6 Å². The molecule has 0 N–H and O–H groups in total. The molecule has 0 amide bonds. The molecule has 2 atom stereocenters. The van der Waals surface area contributed by atoms with Gasteiger partial charge in [0.1, 0.15) is 11.8 Å². The second-order valence-corrected chi connectivity index (χ2v) is 6.47. The van der Waals surface area contributed by atoms with Crippen LogP contribution in [0.4, 0.5) is 0 Å². The highest BCUT2D eigenvalue weighted by Gasteiger charge is 2.24. The molecule has 0 bridgehead atoms. The van der Waals surface area contributed by atoms with Gasteiger partial charge in [-0.25, -0.2) is 0 Å². The quantitative estimate of drug-likeness (QED) is 0.796. The lowest BCUT2D eigenvalue weighted by atomic mass is 10.0. The number of hydrogen-bond acceptors (Lipinski definition) is 6. The lowest BCUT2D eigenvalue weighted by Gasteiger charge is -2.36. The van der Waals surface area contributed by atoms with Gasteiger partial charge in [0.15, 0.2) is 0 Å². The molecule has 2 aromatic rings. The normalized spacial score (nSPS) is 17.8. The molecule has 0 aliphatic carbocycles. The lowest BCUT2D eigenvalue weighted by molar-refractivity contribution is 0.128. The Morgan fingerprint density at radius 2 is 1.19 bits per heavy atom. The summed E-state index contributed by atoms with van der Waals surface area (Å²) in [6.07, 6.45) is 3.47. The van der Waals surface area contributed by atoms with E-state index in [2.05, 4.69) is 31.9 Å². The van der Waals surface area contributed by atoms with Crippen molar-refractivity contribution in [1.82, 2.24) is 19.8 Å². The topological polar surface area (TPSA) is 79.8 Å². The molecule has 1 fully saturated rings. The highest BCUT2D eigenvalue weighted by atomic mass is 15.3. The SMILES string of the molecule is N#CC(CN1CCN(CC(C#N)c2ccccn2)CC1)c1ccccn1. The van der Waals surface area contributed by atoms with Gasteiger partial charge in [-0.15, -0.1) is 0 Å². The van der Waals surface area contributed by atoms with Gasteiger partial charge < -0.3 is 0 Å². The summed E-state index contributed by atoms with van der Waals surface area (Å²) in [4.78, 5) is 13.2. The van der Waals surface area contributed by atoms with Gasteiger partial charge in [0, 0.05) is 51.7 Å². The summed E-state index contributed by atoms with van der Waals surface area (Å²) in [6, 6.07) is 16.1. The van der Waals surface area contributed by atoms with Crippen molar-refractivity contribution in [3.8, 4) is 12.1 Å². The highest BCUT2D eigenvalue weighted by molar-refractivity contribution is 5.18. The van der Waals surface area contributed by atoms with Crippen molar-refractivity contribution in [3.05, 3.63) is 60.2 Å². The van der Waals surface area contributed by atoms with Gasteiger partial charge in [-0.05, 0) is 24.3 Å². The van der Waals surface area contributed by atoms with Crippen LogP contribution in [0.2, 0.25) is 0 Å². The van der Waals surface area contributed by atoms with Crippen molar-refractivity contribution in [3.63, 3.8) is 0 Å². The predicted octanol–water partition coefficient (Wildman–Crippen LogP) is 2.01. The first-order valence-electron chi connectivity index (χ1n) is 8.86. The Morgan fingerprint density at radius 1 is 0.769 bits per heavy atom. The van der Waals surface area contributed by atoms with Crippen LogP contribution in [0, 0.1) is 22.7 Å². The number of piperazine rings is 1. The molecule has 1 aliphatic heterocycles. The summed E-state index contributed by atoms with van der Waals surface area (Å²) in [5.74, 6) is -0.411. The van der Waals surface area contributed by atoms with E-state index in [1.54, 1.807) is 12.4 Å². The molecular formula is C20H22N6. The average Bonchev–Trinajstić information content (AvgIpc) is 2.72. The molecule has 3 rings (SSSR count). The zero-order valence-corrected chi connectivity index (χ0v) is 14.7. The number of nitrogens with zero attached hydrogens (tertiary/aromatic N) is 6. The van der Waals surface area contributed by atoms with Gasteiger partial charge in [-0.1, -0.05) is 12.1 Å². The van der Waals surface area contributed by atoms with Gasteiger partial charge >= 0.3 is 0 Å². The fourth-order valence-electron chi connectivity index (χ4n) is 3.24. The van der Waals surface area contributed by atoms with E-state index in [1.165, 1.54) is 0 Å². The summed E-state index contributed by atoms with van der Waals surface area (Å²) in [5.41, 5.74) is 1.66. The molecule has 1 aliphatic rings. The van der Waals surface area contributed by atoms with Crippen LogP contribution >= 0.6 is 0 Å². The monoisotopic (exact) mass is 346 g/mol. The van der Waals surface area contributed by atoms with Crippen molar-refractivity contribution >= 4 is 0 Å². The maximum atomic E-state index is 9.47. The van der Waals surface area contributed by atoms with E-state index in [0.29, 0.717) is 13.1 Å². The number of pyridine rings is 2. The first-order chi connectivity index (χ1) is 12.8. The van der Waals surface area contributed by atoms with Gasteiger partial charge in [-0.2, -0.15) is 10.5 Å². The smallest absolute Gasteiger partial charge is 0.101 e. The van der Waals surface area contributed by atoms with E-state index >= 15 is 0 Å². The van der Waals surface area contributed by atoms with Crippen LogP contribution in [0.15, 0.2) is 48.8 Å². The molecule has 26 heavy (non-hydrogen) atoms. The fraction of sp³-hybridized carbons (Fsp3) is 0.400. The lowest BCUT2D eigenvalue weighted by Crippen LogP contribution is -2.48. The number of hydrogen-bond donors (Lipinski definition) is 0. The third-order valence-electron chi connectivity index (χ3n) is 4.75. The zero-order chi connectivity index (χ0) is 18.2. The van der Waals surface area contributed by atoms with Gasteiger partial charge in [0.2, 0.25) is 0 Å². The van der Waals surface area contributed by atoms with Crippen LogP contribution in [0.5, 0.6) is 0 Å². The van der Waals surface area contributed by atoms with Crippen molar-refractivity contribution in [1.29, 1.82) is 10.5 Å². The van der Waals surface area contributed by atoms with Crippen LogP contribution < -0.4 is 0 Å². The van der Waals surface area contributed by atoms with E-state index in [4.69, 9.17) is 0 Å². The molecular weight excluding hydrogens is 324 g/mol. The molecule has 6 nitrogen and oxygen atoms in total. The van der Waals surface area contributed by atoms with Crippen LogP contribution in [-0.2, 0) is 0 Å². The second kappa shape index (κ2) is 9.05. The van der Waals surface area contributed by atoms with E-state index in [1.807, 2.05) is 36.4 Å².